The lowest BCUT2D eigenvalue weighted by Gasteiger charge is -2.20. The normalized spacial score (nSPS) is 14.7. The fraction of sp³-hybridized carbons (Fsp3) is 0.312. The maximum absolute atomic E-state index is 5.83. The number of halogens is 1. The highest BCUT2D eigenvalue weighted by Gasteiger charge is 2.23. The molecule has 20 heavy (non-hydrogen) atoms. The third-order valence-corrected chi connectivity index (χ3v) is 3.98. The molecule has 0 fully saturated rings. The molecule has 1 aromatic carbocycles. The van der Waals surface area contributed by atoms with Crippen LogP contribution in [0.25, 0.3) is 0 Å². The number of hydrogen-bond donors (Lipinski definition) is 1. The maximum atomic E-state index is 5.83. The summed E-state index contributed by atoms with van der Waals surface area (Å²) in [5, 5.41) is 3.51. The minimum atomic E-state index is 0.0705. The Morgan fingerprint density at radius 3 is 3.00 bits per heavy atom. The third kappa shape index (κ3) is 2.58. The number of pyridine rings is 1. The molecule has 0 radical (unpaired) electrons. The van der Waals surface area contributed by atoms with Crippen LogP contribution in [0.1, 0.15) is 29.8 Å². The first kappa shape index (κ1) is 13.6. The molecule has 0 amide bonds. The van der Waals surface area contributed by atoms with Gasteiger partial charge in [0, 0.05) is 22.7 Å². The average molecular weight is 333 g/mol. The van der Waals surface area contributed by atoms with Crippen molar-refractivity contribution in [2.24, 2.45) is 0 Å². The van der Waals surface area contributed by atoms with Gasteiger partial charge in [0.15, 0.2) is 0 Å². The molecular weight excluding hydrogens is 316 g/mol. The Balaban J connectivity index is 2.03. The topological polar surface area (TPSA) is 34.2 Å². The van der Waals surface area contributed by atoms with Gasteiger partial charge in [0.25, 0.3) is 0 Å². The summed E-state index contributed by atoms with van der Waals surface area (Å²) in [6.07, 6.45) is 2.83. The Hall–Kier alpha value is -1.39. The number of ether oxygens (including phenoxy) is 1. The molecule has 1 unspecified atom stereocenters. The largest absolute Gasteiger partial charge is 0.493 e. The van der Waals surface area contributed by atoms with Crippen molar-refractivity contribution in [3.05, 3.63) is 57.8 Å². The molecule has 3 nitrogen and oxygen atoms in total. The molecule has 1 aliphatic rings. The van der Waals surface area contributed by atoms with Crippen LogP contribution in [0.2, 0.25) is 0 Å². The van der Waals surface area contributed by atoms with Crippen LogP contribution in [0.4, 0.5) is 0 Å². The molecule has 0 saturated carbocycles. The van der Waals surface area contributed by atoms with Gasteiger partial charge in [-0.1, -0.05) is 25.1 Å². The van der Waals surface area contributed by atoms with Crippen molar-refractivity contribution >= 4 is 15.9 Å². The number of nitrogens with zero attached hydrogens (tertiary/aromatic N) is 1. The van der Waals surface area contributed by atoms with E-state index < -0.39 is 0 Å². The van der Waals surface area contributed by atoms with Crippen LogP contribution in [0, 0.1) is 0 Å². The van der Waals surface area contributed by atoms with Crippen LogP contribution in [0.3, 0.4) is 0 Å². The predicted molar refractivity (Wildman–Crippen MR) is 83.1 cm³/mol. The Morgan fingerprint density at radius 1 is 1.35 bits per heavy atom. The van der Waals surface area contributed by atoms with E-state index in [1.54, 1.807) is 0 Å². The molecule has 4 heteroatoms. The Bertz CT molecular complexity index is 598. The van der Waals surface area contributed by atoms with Crippen LogP contribution in [-0.4, -0.2) is 18.1 Å². The number of rotatable bonds is 4. The zero-order valence-electron chi connectivity index (χ0n) is 11.4. The molecule has 1 atom stereocenters. The lowest BCUT2D eigenvalue weighted by Crippen LogP contribution is -2.23. The van der Waals surface area contributed by atoms with Gasteiger partial charge in [-0.15, -0.1) is 0 Å². The predicted octanol–water partition coefficient (Wildman–Crippen LogP) is 3.48. The van der Waals surface area contributed by atoms with Crippen molar-refractivity contribution in [2.45, 2.75) is 19.4 Å². The zero-order valence-corrected chi connectivity index (χ0v) is 13.0. The Labute approximate surface area is 127 Å². The SMILES string of the molecule is CCNC(c1ccc(Br)cn1)c1cccc2c1OCC2. The van der Waals surface area contributed by atoms with Gasteiger partial charge in [-0.2, -0.15) is 0 Å². The van der Waals surface area contributed by atoms with Crippen LogP contribution in [0.5, 0.6) is 5.75 Å². The minimum Gasteiger partial charge on any atom is -0.493 e. The van der Waals surface area contributed by atoms with E-state index in [1.165, 1.54) is 11.1 Å². The lowest BCUT2D eigenvalue weighted by molar-refractivity contribution is 0.350. The number of aromatic nitrogens is 1. The smallest absolute Gasteiger partial charge is 0.127 e. The molecule has 104 valence electrons. The zero-order chi connectivity index (χ0) is 13.9. The van der Waals surface area contributed by atoms with Crippen LogP contribution in [0.15, 0.2) is 41.0 Å². The minimum absolute atomic E-state index is 0.0705. The second kappa shape index (κ2) is 5.94. The van der Waals surface area contributed by atoms with Gasteiger partial charge in [0.1, 0.15) is 5.75 Å². The molecule has 0 spiro atoms. The van der Waals surface area contributed by atoms with E-state index in [-0.39, 0.29) is 6.04 Å². The Kier molecular flexibility index (Phi) is 4.03. The number of hydrogen-bond acceptors (Lipinski definition) is 3. The van der Waals surface area contributed by atoms with E-state index in [9.17, 15) is 0 Å². The number of para-hydroxylation sites is 1. The van der Waals surface area contributed by atoms with Gasteiger partial charge >= 0.3 is 0 Å². The van der Waals surface area contributed by atoms with E-state index in [1.807, 2.05) is 18.3 Å². The molecule has 0 bridgehead atoms. The summed E-state index contributed by atoms with van der Waals surface area (Å²) in [4.78, 5) is 4.53. The first-order valence-corrected chi connectivity index (χ1v) is 7.68. The molecule has 1 aliphatic heterocycles. The lowest BCUT2D eigenvalue weighted by atomic mass is 9.99. The molecule has 2 aromatic rings. The molecule has 3 rings (SSSR count). The van der Waals surface area contributed by atoms with E-state index in [0.29, 0.717) is 0 Å². The highest BCUT2D eigenvalue weighted by Crippen LogP contribution is 2.35. The summed E-state index contributed by atoms with van der Waals surface area (Å²) in [5.41, 5.74) is 3.48. The van der Waals surface area contributed by atoms with Crippen molar-refractivity contribution in [2.75, 3.05) is 13.2 Å². The summed E-state index contributed by atoms with van der Waals surface area (Å²) in [7, 11) is 0. The van der Waals surface area contributed by atoms with Crippen molar-refractivity contribution in [3.8, 4) is 5.75 Å². The molecule has 2 heterocycles. The molecule has 0 saturated heterocycles. The second-order valence-electron chi connectivity index (χ2n) is 4.83. The fourth-order valence-corrected chi connectivity index (χ4v) is 2.84. The number of nitrogens with one attached hydrogen (secondary N) is 1. The van der Waals surface area contributed by atoms with E-state index in [4.69, 9.17) is 4.74 Å². The number of benzene rings is 1. The van der Waals surface area contributed by atoms with Gasteiger partial charge in [-0.3, -0.25) is 4.98 Å². The molecule has 1 aromatic heterocycles. The number of fused-ring (bicyclic) bond motifs is 1. The second-order valence-corrected chi connectivity index (χ2v) is 5.74. The summed E-state index contributed by atoms with van der Waals surface area (Å²) in [5.74, 6) is 1.03. The summed E-state index contributed by atoms with van der Waals surface area (Å²) >= 11 is 3.43. The van der Waals surface area contributed by atoms with Crippen LogP contribution in [-0.2, 0) is 6.42 Å². The summed E-state index contributed by atoms with van der Waals surface area (Å²) in [6.45, 7) is 3.76. The first-order valence-electron chi connectivity index (χ1n) is 6.89. The maximum Gasteiger partial charge on any atom is 0.127 e. The standard InChI is InChI=1S/C16H17BrN2O/c1-2-18-15(14-7-6-12(17)10-19-14)13-5-3-4-11-8-9-20-16(11)13/h3-7,10,15,18H,2,8-9H2,1H3. The fourth-order valence-electron chi connectivity index (χ4n) is 2.60. The average Bonchev–Trinajstić information content (AvgIpc) is 2.94. The summed E-state index contributed by atoms with van der Waals surface area (Å²) < 4.78 is 6.82. The summed E-state index contributed by atoms with van der Waals surface area (Å²) in [6, 6.07) is 10.5. The molecule has 1 N–H and O–H groups in total. The van der Waals surface area contributed by atoms with Crippen LogP contribution < -0.4 is 10.1 Å². The Morgan fingerprint density at radius 2 is 2.25 bits per heavy atom. The van der Waals surface area contributed by atoms with E-state index in [0.717, 1.165) is 35.5 Å². The highest BCUT2D eigenvalue weighted by atomic mass is 79.9. The van der Waals surface area contributed by atoms with E-state index in [2.05, 4.69) is 51.4 Å². The van der Waals surface area contributed by atoms with Crippen LogP contribution >= 0.6 is 15.9 Å². The quantitative estimate of drug-likeness (QED) is 0.930. The van der Waals surface area contributed by atoms with Gasteiger partial charge in [0.05, 0.1) is 18.3 Å². The van der Waals surface area contributed by atoms with Gasteiger partial charge in [-0.25, -0.2) is 0 Å². The van der Waals surface area contributed by atoms with Crippen molar-refractivity contribution in [1.82, 2.24) is 10.3 Å². The van der Waals surface area contributed by atoms with Crippen molar-refractivity contribution in [1.29, 1.82) is 0 Å². The third-order valence-electron chi connectivity index (χ3n) is 3.51. The van der Waals surface area contributed by atoms with Gasteiger partial charge < -0.3 is 10.1 Å². The van der Waals surface area contributed by atoms with Crippen molar-refractivity contribution in [3.63, 3.8) is 0 Å². The first-order chi connectivity index (χ1) is 9.79. The van der Waals surface area contributed by atoms with Gasteiger partial charge in [-0.05, 0) is 40.2 Å². The van der Waals surface area contributed by atoms with E-state index >= 15 is 0 Å². The van der Waals surface area contributed by atoms with Crippen molar-refractivity contribution < 1.29 is 4.74 Å². The molecule has 0 aliphatic carbocycles. The highest BCUT2D eigenvalue weighted by molar-refractivity contribution is 9.10. The monoisotopic (exact) mass is 332 g/mol. The molecular formula is C16H17BrN2O. The van der Waals surface area contributed by atoms with Gasteiger partial charge in [0.2, 0.25) is 0 Å².